The summed E-state index contributed by atoms with van der Waals surface area (Å²) < 4.78 is 1.87. The SMILES string of the molecule is Cc1ccc2nc(C)c(C(=O)Nc3ccc(-c4nnnn4C4CC4)cc3)cc2c1. The number of tetrazole rings is 1. The molecule has 0 aliphatic heterocycles. The minimum absolute atomic E-state index is 0.172. The number of pyridine rings is 1. The molecular weight excluding hydrogens is 364 g/mol. The van der Waals surface area contributed by atoms with Crippen LogP contribution in [-0.2, 0) is 0 Å². The molecule has 1 aliphatic carbocycles. The van der Waals surface area contributed by atoms with Gasteiger partial charge >= 0.3 is 0 Å². The smallest absolute Gasteiger partial charge is 0.257 e. The van der Waals surface area contributed by atoms with Gasteiger partial charge in [-0.2, -0.15) is 0 Å². The highest BCUT2D eigenvalue weighted by Gasteiger charge is 2.28. The first kappa shape index (κ1) is 17.5. The summed E-state index contributed by atoms with van der Waals surface area (Å²) in [6, 6.07) is 15.9. The number of amides is 1. The molecule has 1 fully saturated rings. The molecule has 1 N–H and O–H groups in total. The fraction of sp³-hybridized carbons (Fsp3) is 0.227. The highest BCUT2D eigenvalue weighted by Crippen LogP contribution is 2.36. The lowest BCUT2D eigenvalue weighted by atomic mass is 10.1. The van der Waals surface area contributed by atoms with Crippen molar-refractivity contribution < 1.29 is 4.79 Å². The molecule has 0 atom stereocenters. The molecule has 2 aromatic heterocycles. The van der Waals surface area contributed by atoms with Gasteiger partial charge in [0.15, 0.2) is 5.82 Å². The first-order chi connectivity index (χ1) is 14.1. The average molecular weight is 384 g/mol. The van der Waals surface area contributed by atoms with Crippen molar-refractivity contribution in [3.8, 4) is 11.4 Å². The number of nitrogens with zero attached hydrogens (tertiary/aromatic N) is 5. The van der Waals surface area contributed by atoms with Gasteiger partial charge < -0.3 is 5.32 Å². The zero-order valence-corrected chi connectivity index (χ0v) is 16.3. The Kier molecular flexibility index (Phi) is 4.08. The number of aromatic nitrogens is 5. The van der Waals surface area contributed by atoms with Gasteiger partial charge in [-0.15, -0.1) is 5.10 Å². The fourth-order valence-corrected chi connectivity index (χ4v) is 3.47. The second-order valence-electron chi connectivity index (χ2n) is 7.53. The summed E-state index contributed by atoms with van der Waals surface area (Å²) in [7, 11) is 0. The van der Waals surface area contributed by atoms with Crippen molar-refractivity contribution in [1.29, 1.82) is 0 Å². The number of anilines is 1. The number of hydrogen-bond donors (Lipinski definition) is 1. The van der Waals surface area contributed by atoms with Gasteiger partial charge in [-0.25, -0.2) is 4.68 Å². The van der Waals surface area contributed by atoms with E-state index in [1.807, 2.05) is 67.1 Å². The predicted molar refractivity (Wildman–Crippen MR) is 111 cm³/mol. The normalized spacial score (nSPS) is 13.6. The van der Waals surface area contributed by atoms with E-state index < -0.39 is 0 Å². The van der Waals surface area contributed by atoms with Crippen molar-refractivity contribution in [2.75, 3.05) is 5.32 Å². The van der Waals surface area contributed by atoms with Crippen LogP contribution in [0.15, 0.2) is 48.5 Å². The summed E-state index contributed by atoms with van der Waals surface area (Å²) >= 11 is 0. The van der Waals surface area contributed by atoms with Gasteiger partial charge in [0, 0.05) is 16.6 Å². The molecule has 0 unspecified atom stereocenters. The standard InChI is InChI=1S/C22H20N6O/c1-13-3-10-20-16(11-13)12-19(14(2)23-20)22(29)24-17-6-4-15(5-7-17)21-25-26-27-28(21)18-8-9-18/h3-7,10-12,18H,8-9H2,1-2H3,(H,24,29). The zero-order valence-electron chi connectivity index (χ0n) is 16.3. The Balaban J connectivity index is 1.39. The topological polar surface area (TPSA) is 85.6 Å². The quantitative estimate of drug-likeness (QED) is 0.573. The molecule has 0 spiro atoms. The van der Waals surface area contributed by atoms with Gasteiger partial charge in [0.1, 0.15) is 0 Å². The lowest BCUT2D eigenvalue weighted by Crippen LogP contribution is -2.14. The van der Waals surface area contributed by atoms with E-state index in [2.05, 4.69) is 25.8 Å². The largest absolute Gasteiger partial charge is 0.322 e. The second kappa shape index (κ2) is 6.77. The summed E-state index contributed by atoms with van der Waals surface area (Å²) in [5.41, 5.74) is 4.96. The van der Waals surface area contributed by atoms with Crippen molar-refractivity contribution >= 4 is 22.5 Å². The molecule has 29 heavy (non-hydrogen) atoms. The van der Waals surface area contributed by atoms with E-state index in [-0.39, 0.29) is 5.91 Å². The van der Waals surface area contributed by atoms with Crippen LogP contribution in [0.1, 0.15) is 40.5 Å². The summed E-state index contributed by atoms with van der Waals surface area (Å²) in [6.07, 6.45) is 2.23. The molecule has 0 bridgehead atoms. The third kappa shape index (κ3) is 3.35. The van der Waals surface area contributed by atoms with Gasteiger partial charge in [0.25, 0.3) is 5.91 Å². The Bertz CT molecular complexity index is 1220. The van der Waals surface area contributed by atoms with Crippen molar-refractivity contribution in [3.05, 3.63) is 65.4 Å². The van der Waals surface area contributed by atoms with Crippen LogP contribution in [0.25, 0.3) is 22.3 Å². The van der Waals surface area contributed by atoms with Crippen molar-refractivity contribution in [3.63, 3.8) is 0 Å². The zero-order chi connectivity index (χ0) is 20.0. The molecule has 4 aromatic rings. The van der Waals surface area contributed by atoms with E-state index >= 15 is 0 Å². The van der Waals surface area contributed by atoms with Gasteiger partial charge in [-0.3, -0.25) is 9.78 Å². The van der Waals surface area contributed by atoms with E-state index in [4.69, 9.17) is 0 Å². The van der Waals surface area contributed by atoms with E-state index in [1.54, 1.807) is 0 Å². The number of fused-ring (bicyclic) bond motifs is 1. The number of carbonyl (C=O) groups is 1. The monoisotopic (exact) mass is 384 g/mol. The number of benzene rings is 2. The fourth-order valence-electron chi connectivity index (χ4n) is 3.47. The summed E-state index contributed by atoms with van der Waals surface area (Å²) in [5.74, 6) is 0.587. The Hall–Kier alpha value is -3.61. The third-order valence-corrected chi connectivity index (χ3v) is 5.19. The highest BCUT2D eigenvalue weighted by molar-refractivity contribution is 6.06. The maximum atomic E-state index is 12.8. The Morgan fingerprint density at radius 1 is 1.07 bits per heavy atom. The van der Waals surface area contributed by atoms with E-state index in [0.717, 1.165) is 40.7 Å². The average Bonchev–Trinajstić information content (AvgIpc) is 3.45. The maximum absolute atomic E-state index is 12.8. The number of aryl methyl sites for hydroxylation is 2. The van der Waals surface area contributed by atoms with Crippen LogP contribution in [0.3, 0.4) is 0 Å². The minimum atomic E-state index is -0.172. The number of hydrogen-bond acceptors (Lipinski definition) is 5. The molecule has 1 aliphatic rings. The first-order valence-electron chi connectivity index (χ1n) is 9.66. The van der Waals surface area contributed by atoms with Gasteiger partial charge in [-0.1, -0.05) is 11.6 Å². The number of nitrogens with one attached hydrogen (secondary N) is 1. The lowest BCUT2D eigenvalue weighted by Gasteiger charge is -2.10. The first-order valence-corrected chi connectivity index (χ1v) is 9.66. The maximum Gasteiger partial charge on any atom is 0.257 e. The second-order valence-corrected chi connectivity index (χ2v) is 7.53. The molecule has 1 amide bonds. The molecular formula is C22H20N6O. The van der Waals surface area contributed by atoms with Gasteiger partial charge in [0.2, 0.25) is 0 Å². The predicted octanol–water partition coefficient (Wildman–Crippen LogP) is 4.09. The molecule has 0 radical (unpaired) electrons. The van der Waals surface area contributed by atoms with E-state index in [0.29, 0.717) is 23.0 Å². The molecule has 2 heterocycles. The van der Waals surface area contributed by atoms with Crippen LogP contribution in [0.4, 0.5) is 5.69 Å². The number of carbonyl (C=O) groups excluding carboxylic acids is 1. The van der Waals surface area contributed by atoms with Crippen LogP contribution < -0.4 is 5.32 Å². The lowest BCUT2D eigenvalue weighted by molar-refractivity contribution is 0.102. The molecule has 0 saturated heterocycles. The Labute approximate surface area is 167 Å². The van der Waals surface area contributed by atoms with Crippen LogP contribution in [0.2, 0.25) is 0 Å². The van der Waals surface area contributed by atoms with E-state index in [9.17, 15) is 4.79 Å². The minimum Gasteiger partial charge on any atom is -0.322 e. The molecule has 144 valence electrons. The molecule has 2 aromatic carbocycles. The molecule has 7 heteroatoms. The Morgan fingerprint density at radius 2 is 1.86 bits per heavy atom. The summed E-state index contributed by atoms with van der Waals surface area (Å²) in [5, 5.41) is 15.9. The number of rotatable bonds is 4. The van der Waals surface area contributed by atoms with Crippen molar-refractivity contribution in [1.82, 2.24) is 25.2 Å². The van der Waals surface area contributed by atoms with Crippen molar-refractivity contribution in [2.45, 2.75) is 32.7 Å². The van der Waals surface area contributed by atoms with Crippen LogP contribution in [-0.4, -0.2) is 31.1 Å². The molecule has 5 rings (SSSR count). The third-order valence-electron chi connectivity index (χ3n) is 5.19. The molecule has 1 saturated carbocycles. The van der Waals surface area contributed by atoms with Crippen LogP contribution in [0.5, 0.6) is 0 Å². The van der Waals surface area contributed by atoms with Gasteiger partial charge in [0.05, 0.1) is 22.8 Å². The Morgan fingerprint density at radius 3 is 2.62 bits per heavy atom. The van der Waals surface area contributed by atoms with E-state index in [1.165, 1.54) is 0 Å². The highest BCUT2D eigenvalue weighted by atomic mass is 16.1. The van der Waals surface area contributed by atoms with Crippen LogP contribution in [0, 0.1) is 13.8 Å². The van der Waals surface area contributed by atoms with Crippen LogP contribution >= 0.6 is 0 Å². The summed E-state index contributed by atoms with van der Waals surface area (Å²) in [6.45, 7) is 3.88. The van der Waals surface area contributed by atoms with Gasteiger partial charge in [-0.05, 0) is 79.6 Å². The summed E-state index contributed by atoms with van der Waals surface area (Å²) in [4.78, 5) is 17.4. The van der Waals surface area contributed by atoms with Crippen molar-refractivity contribution in [2.24, 2.45) is 0 Å². The molecule has 7 nitrogen and oxygen atoms in total.